The molecule has 0 saturated heterocycles. The maximum atomic E-state index is 14.3. The number of nitrogens with one attached hydrogen (secondary N) is 1. The summed E-state index contributed by atoms with van der Waals surface area (Å²) in [6, 6.07) is 13.8. The van der Waals surface area contributed by atoms with E-state index in [-0.39, 0.29) is 11.7 Å². The van der Waals surface area contributed by atoms with E-state index in [1.165, 1.54) is 13.2 Å². The van der Waals surface area contributed by atoms with E-state index in [0.29, 0.717) is 35.2 Å². The predicted molar refractivity (Wildman–Crippen MR) is 113 cm³/mol. The first-order valence-electron chi connectivity index (χ1n) is 9.65. The summed E-state index contributed by atoms with van der Waals surface area (Å²) in [7, 11) is 1.40. The van der Waals surface area contributed by atoms with E-state index in [0.717, 1.165) is 22.3 Å². The third-order valence-electron chi connectivity index (χ3n) is 5.37. The Balaban J connectivity index is 1.88. The first kappa shape index (κ1) is 19.6. The van der Waals surface area contributed by atoms with Crippen LogP contribution >= 0.6 is 0 Å². The number of rotatable bonds is 5. The van der Waals surface area contributed by atoms with Gasteiger partial charge < -0.3 is 15.8 Å². The SMILES string of the molecule is CCNC(=O)c1ccc2c(c1)-c1cc(-c3ccc(OC)c(F)c3)cc(C(N)=O)c1C2. The van der Waals surface area contributed by atoms with Crippen molar-refractivity contribution in [2.75, 3.05) is 13.7 Å². The largest absolute Gasteiger partial charge is 0.494 e. The number of halogens is 1. The van der Waals surface area contributed by atoms with E-state index in [1.807, 2.05) is 25.1 Å². The van der Waals surface area contributed by atoms with Crippen LogP contribution < -0.4 is 15.8 Å². The average Bonchev–Trinajstić information content (AvgIpc) is 3.10. The highest BCUT2D eigenvalue weighted by Crippen LogP contribution is 2.41. The van der Waals surface area contributed by atoms with Gasteiger partial charge in [0.1, 0.15) is 0 Å². The lowest BCUT2D eigenvalue weighted by Crippen LogP contribution is -2.22. The van der Waals surface area contributed by atoms with Crippen molar-refractivity contribution in [3.05, 3.63) is 76.6 Å². The molecule has 0 saturated carbocycles. The number of amides is 2. The summed E-state index contributed by atoms with van der Waals surface area (Å²) in [6.07, 6.45) is 0.551. The highest BCUT2D eigenvalue weighted by atomic mass is 19.1. The maximum Gasteiger partial charge on any atom is 0.251 e. The molecule has 1 aliphatic rings. The highest BCUT2D eigenvalue weighted by molar-refractivity contribution is 6.01. The highest BCUT2D eigenvalue weighted by Gasteiger charge is 2.25. The van der Waals surface area contributed by atoms with Crippen molar-refractivity contribution in [1.82, 2.24) is 5.32 Å². The molecular weight excluding hydrogens is 383 g/mol. The Morgan fingerprint density at radius 3 is 2.53 bits per heavy atom. The molecule has 0 heterocycles. The van der Waals surface area contributed by atoms with Gasteiger partial charge in [-0.05, 0) is 83.1 Å². The molecule has 0 aliphatic heterocycles. The van der Waals surface area contributed by atoms with E-state index >= 15 is 0 Å². The molecule has 0 unspecified atom stereocenters. The Bertz CT molecular complexity index is 1190. The summed E-state index contributed by atoms with van der Waals surface area (Å²) in [6.45, 7) is 2.39. The molecule has 3 aromatic rings. The molecule has 5 nitrogen and oxygen atoms in total. The van der Waals surface area contributed by atoms with Crippen LogP contribution in [0.2, 0.25) is 0 Å². The normalized spacial score (nSPS) is 11.6. The van der Waals surface area contributed by atoms with Crippen LogP contribution in [0.1, 0.15) is 38.8 Å². The van der Waals surface area contributed by atoms with Crippen molar-refractivity contribution < 1.29 is 18.7 Å². The van der Waals surface area contributed by atoms with E-state index < -0.39 is 11.7 Å². The first-order chi connectivity index (χ1) is 14.4. The fourth-order valence-corrected chi connectivity index (χ4v) is 3.91. The molecule has 3 aromatic carbocycles. The molecule has 0 fully saturated rings. The zero-order chi connectivity index (χ0) is 21.4. The second kappa shape index (κ2) is 7.63. The van der Waals surface area contributed by atoms with Gasteiger partial charge in [-0.1, -0.05) is 12.1 Å². The second-order valence-corrected chi connectivity index (χ2v) is 7.17. The van der Waals surface area contributed by atoms with Crippen LogP contribution in [0.5, 0.6) is 5.75 Å². The van der Waals surface area contributed by atoms with Crippen LogP contribution in [0.3, 0.4) is 0 Å². The number of benzene rings is 3. The zero-order valence-electron chi connectivity index (χ0n) is 16.7. The summed E-state index contributed by atoms with van der Waals surface area (Å²) >= 11 is 0. The minimum absolute atomic E-state index is 0.145. The molecule has 0 bridgehead atoms. The predicted octanol–water partition coefficient (Wildman–Crippen LogP) is 3.92. The Kier molecular flexibility index (Phi) is 4.99. The number of nitrogens with two attached hydrogens (primary N) is 1. The lowest BCUT2D eigenvalue weighted by atomic mass is 9.93. The van der Waals surface area contributed by atoms with Crippen LogP contribution in [0.25, 0.3) is 22.3 Å². The summed E-state index contributed by atoms with van der Waals surface area (Å²) in [5, 5.41) is 2.79. The number of ether oxygens (including phenoxy) is 1. The van der Waals surface area contributed by atoms with Crippen LogP contribution in [-0.4, -0.2) is 25.5 Å². The maximum absolute atomic E-state index is 14.3. The van der Waals surface area contributed by atoms with Gasteiger partial charge in [-0.15, -0.1) is 0 Å². The molecule has 3 N–H and O–H groups in total. The summed E-state index contributed by atoms with van der Waals surface area (Å²) in [5.74, 6) is -1.04. The van der Waals surface area contributed by atoms with Gasteiger partial charge in [0, 0.05) is 17.7 Å². The molecule has 0 aromatic heterocycles. The van der Waals surface area contributed by atoms with Gasteiger partial charge in [0.25, 0.3) is 5.91 Å². The molecule has 2 amide bonds. The van der Waals surface area contributed by atoms with E-state index in [9.17, 15) is 14.0 Å². The molecule has 6 heteroatoms. The van der Waals surface area contributed by atoms with Crippen molar-refractivity contribution in [1.29, 1.82) is 0 Å². The monoisotopic (exact) mass is 404 g/mol. The Morgan fingerprint density at radius 1 is 1.07 bits per heavy atom. The van der Waals surface area contributed by atoms with Gasteiger partial charge in [0.05, 0.1) is 7.11 Å². The molecule has 0 spiro atoms. The Labute approximate surface area is 173 Å². The zero-order valence-corrected chi connectivity index (χ0v) is 16.7. The van der Waals surface area contributed by atoms with Crippen LogP contribution in [-0.2, 0) is 6.42 Å². The van der Waals surface area contributed by atoms with Crippen LogP contribution in [0, 0.1) is 5.82 Å². The first-order valence-corrected chi connectivity index (χ1v) is 9.65. The van der Waals surface area contributed by atoms with Crippen molar-refractivity contribution in [2.24, 2.45) is 5.73 Å². The van der Waals surface area contributed by atoms with Gasteiger partial charge >= 0.3 is 0 Å². The number of primary amides is 1. The quantitative estimate of drug-likeness (QED) is 0.529. The summed E-state index contributed by atoms with van der Waals surface area (Å²) in [4.78, 5) is 24.5. The number of carbonyl (C=O) groups excluding carboxylic acids is 2. The number of methoxy groups -OCH3 is 1. The van der Waals surface area contributed by atoms with Crippen LogP contribution in [0.15, 0.2) is 48.5 Å². The molecule has 4 rings (SSSR count). The number of fused-ring (bicyclic) bond motifs is 3. The Morgan fingerprint density at radius 2 is 1.87 bits per heavy atom. The van der Waals surface area contributed by atoms with Gasteiger partial charge in [-0.3, -0.25) is 9.59 Å². The van der Waals surface area contributed by atoms with Gasteiger partial charge in [-0.2, -0.15) is 0 Å². The fourth-order valence-electron chi connectivity index (χ4n) is 3.91. The third kappa shape index (κ3) is 3.30. The minimum Gasteiger partial charge on any atom is -0.494 e. The Hall–Kier alpha value is -3.67. The number of carbonyl (C=O) groups is 2. The lowest BCUT2D eigenvalue weighted by molar-refractivity contribution is 0.0954. The molecule has 30 heavy (non-hydrogen) atoms. The molecule has 152 valence electrons. The molecule has 0 atom stereocenters. The summed E-state index contributed by atoms with van der Waals surface area (Å²) in [5.41, 5.74) is 11.4. The standard InChI is InChI=1S/C24H21FN2O3/c1-3-27-24(29)15-5-4-14-8-19-18(17(14)9-15)10-16(11-20(19)23(26)28)13-6-7-22(30-2)21(25)12-13/h4-7,9-12H,3,8H2,1-2H3,(H2,26,28)(H,27,29). The smallest absolute Gasteiger partial charge is 0.251 e. The van der Waals surface area contributed by atoms with Crippen molar-refractivity contribution in [3.63, 3.8) is 0 Å². The van der Waals surface area contributed by atoms with Gasteiger partial charge in [-0.25, -0.2) is 4.39 Å². The molecule has 0 radical (unpaired) electrons. The van der Waals surface area contributed by atoms with Crippen molar-refractivity contribution in [2.45, 2.75) is 13.3 Å². The van der Waals surface area contributed by atoms with Crippen molar-refractivity contribution in [3.8, 4) is 28.0 Å². The van der Waals surface area contributed by atoms with Crippen molar-refractivity contribution >= 4 is 11.8 Å². The van der Waals surface area contributed by atoms with E-state index in [2.05, 4.69) is 5.32 Å². The number of hydrogen-bond donors (Lipinski definition) is 2. The summed E-state index contributed by atoms with van der Waals surface area (Å²) < 4.78 is 19.2. The number of hydrogen-bond acceptors (Lipinski definition) is 3. The third-order valence-corrected chi connectivity index (χ3v) is 5.37. The van der Waals surface area contributed by atoms with Gasteiger partial charge in [0.15, 0.2) is 11.6 Å². The fraction of sp³-hybridized carbons (Fsp3) is 0.167. The van der Waals surface area contributed by atoms with Gasteiger partial charge in [0.2, 0.25) is 5.91 Å². The molecule has 1 aliphatic carbocycles. The van der Waals surface area contributed by atoms with Crippen LogP contribution in [0.4, 0.5) is 4.39 Å². The minimum atomic E-state index is -0.543. The topological polar surface area (TPSA) is 81.4 Å². The van der Waals surface area contributed by atoms with E-state index in [4.69, 9.17) is 10.5 Å². The molecular formula is C24H21FN2O3. The average molecular weight is 404 g/mol. The second-order valence-electron chi connectivity index (χ2n) is 7.17. The lowest BCUT2D eigenvalue weighted by Gasteiger charge is -2.12. The van der Waals surface area contributed by atoms with E-state index in [1.54, 1.807) is 24.3 Å².